The number of aryl methyl sites for hydroxylation is 1. The van der Waals surface area contributed by atoms with Crippen LogP contribution in [0, 0.1) is 6.92 Å². The minimum absolute atomic E-state index is 0.362. The van der Waals surface area contributed by atoms with Crippen molar-refractivity contribution in [3.63, 3.8) is 0 Å². The molecule has 0 aliphatic carbocycles. The minimum atomic E-state index is -0.558. The molecule has 6 nitrogen and oxygen atoms in total. The van der Waals surface area contributed by atoms with Crippen molar-refractivity contribution in [3.05, 3.63) is 35.4 Å². The van der Waals surface area contributed by atoms with E-state index in [-0.39, 0.29) is 0 Å². The highest BCUT2D eigenvalue weighted by molar-refractivity contribution is 6.34. The quantitative estimate of drug-likeness (QED) is 0.825. The number of carbonyl (C=O) groups excluding carboxylic acids is 2. The van der Waals surface area contributed by atoms with Crippen molar-refractivity contribution in [2.45, 2.75) is 32.1 Å². The van der Waals surface area contributed by atoms with E-state index in [1.54, 1.807) is 4.90 Å². The molecule has 1 aromatic rings. The molecular formula is C17H22N2O4. The van der Waals surface area contributed by atoms with Crippen molar-refractivity contribution in [1.82, 2.24) is 10.2 Å². The number of nitrogens with one attached hydrogen (secondary N) is 1. The van der Waals surface area contributed by atoms with Crippen molar-refractivity contribution in [2.75, 3.05) is 26.3 Å². The normalized spacial score (nSPS) is 19.8. The summed E-state index contributed by atoms with van der Waals surface area (Å²) in [7, 11) is 0. The first kappa shape index (κ1) is 16.0. The summed E-state index contributed by atoms with van der Waals surface area (Å²) in [4.78, 5) is 25.9. The molecule has 23 heavy (non-hydrogen) atoms. The molecule has 0 saturated carbocycles. The van der Waals surface area contributed by atoms with Crippen molar-refractivity contribution in [3.8, 4) is 0 Å². The number of benzene rings is 1. The number of ether oxygens (including phenoxy) is 2. The molecular weight excluding hydrogens is 296 g/mol. The smallest absolute Gasteiger partial charge is 0.311 e. The Balaban J connectivity index is 1.50. The highest BCUT2D eigenvalue weighted by Gasteiger charge is 2.41. The van der Waals surface area contributed by atoms with Gasteiger partial charge in [-0.3, -0.25) is 9.59 Å². The Morgan fingerprint density at radius 1 is 1.17 bits per heavy atom. The number of hydrogen-bond donors (Lipinski definition) is 1. The monoisotopic (exact) mass is 318 g/mol. The molecule has 0 atom stereocenters. The minimum Gasteiger partial charge on any atom is -0.347 e. The second-order valence-electron chi connectivity index (χ2n) is 6.01. The van der Waals surface area contributed by atoms with Gasteiger partial charge in [0.25, 0.3) is 0 Å². The number of likely N-dealkylation sites (tertiary alicyclic amines) is 1. The zero-order valence-electron chi connectivity index (χ0n) is 13.3. The Morgan fingerprint density at radius 2 is 1.83 bits per heavy atom. The molecule has 0 bridgehead atoms. The number of piperidine rings is 1. The summed E-state index contributed by atoms with van der Waals surface area (Å²) >= 11 is 0. The van der Waals surface area contributed by atoms with Crippen LogP contribution >= 0.6 is 0 Å². The molecule has 2 aliphatic heterocycles. The van der Waals surface area contributed by atoms with Crippen LogP contribution in [0.3, 0.4) is 0 Å². The second kappa shape index (κ2) is 6.68. The van der Waals surface area contributed by atoms with Gasteiger partial charge in [0.05, 0.1) is 13.2 Å². The lowest BCUT2D eigenvalue weighted by molar-refractivity contribution is -0.188. The van der Waals surface area contributed by atoms with Crippen LogP contribution < -0.4 is 5.32 Å². The van der Waals surface area contributed by atoms with Crippen LogP contribution in [0.1, 0.15) is 24.0 Å². The summed E-state index contributed by atoms with van der Waals surface area (Å²) in [6.45, 7) is 4.51. The fourth-order valence-electron chi connectivity index (χ4n) is 3.04. The fraction of sp³-hybridized carbons (Fsp3) is 0.529. The number of nitrogens with zero attached hydrogens (tertiary/aromatic N) is 1. The lowest BCUT2D eigenvalue weighted by atomic mass is 10.0. The van der Waals surface area contributed by atoms with E-state index in [4.69, 9.17) is 9.47 Å². The molecule has 0 aromatic heterocycles. The van der Waals surface area contributed by atoms with E-state index in [9.17, 15) is 9.59 Å². The Labute approximate surface area is 135 Å². The fourth-order valence-corrected chi connectivity index (χ4v) is 3.04. The Kier molecular flexibility index (Phi) is 4.63. The van der Waals surface area contributed by atoms with Gasteiger partial charge in [0.2, 0.25) is 0 Å². The van der Waals surface area contributed by atoms with Crippen LogP contribution in [-0.2, 0) is 25.6 Å². The summed E-state index contributed by atoms with van der Waals surface area (Å²) in [6.07, 6.45) is 1.23. The molecule has 2 saturated heterocycles. The molecule has 1 N–H and O–H groups in total. The van der Waals surface area contributed by atoms with E-state index in [1.807, 2.05) is 31.2 Å². The van der Waals surface area contributed by atoms with Gasteiger partial charge in [-0.25, -0.2) is 0 Å². The standard InChI is InChI=1S/C17H22N2O4/c1-13-4-2-3-5-14(13)12-18-15(20)16(21)19-8-6-17(7-9-19)22-10-11-23-17/h2-5H,6-12H2,1H3,(H,18,20). The largest absolute Gasteiger partial charge is 0.347 e. The number of hydrogen-bond acceptors (Lipinski definition) is 4. The zero-order valence-corrected chi connectivity index (χ0v) is 13.3. The molecule has 124 valence electrons. The molecule has 2 heterocycles. The first-order chi connectivity index (χ1) is 11.1. The molecule has 3 rings (SSSR count). The Bertz CT molecular complexity index is 586. The van der Waals surface area contributed by atoms with Gasteiger partial charge in [-0.05, 0) is 18.1 Å². The Morgan fingerprint density at radius 3 is 2.48 bits per heavy atom. The summed E-state index contributed by atoms with van der Waals surface area (Å²) in [5.41, 5.74) is 2.11. The van der Waals surface area contributed by atoms with Crippen LogP contribution in [0.2, 0.25) is 0 Å². The average molecular weight is 318 g/mol. The summed E-state index contributed by atoms with van der Waals surface area (Å²) in [5, 5.41) is 2.71. The maximum Gasteiger partial charge on any atom is 0.311 e. The first-order valence-electron chi connectivity index (χ1n) is 7.99. The van der Waals surface area contributed by atoms with Crippen molar-refractivity contribution < 1.29 is 19.1 Å². The van der Waals surface area contributed by atoms with Gasteiger partial charge in [-0.2, -0.15) is 0 Å². The van der Waals surface area contributed by atoms with E-state index in [0.717, 1.165) is 11.1 Å². The SMILES string of the molecule is Cc1ccccc1CNC(=O)C(=O)N1CCC2(CC1)OCCO2. The first-order valence-corrected chi connectivity index (χ1v) is 7.99. The molecule has 1 aromatic carbocycles. The lowest BCUT2D eigenvalue weighted by Gasteiger charge is -2.37. The zero-order chi connectivity index (χ0) is 16.3. The highest BCUT2D eigenvalue weighted by atomic mass is 16.7. The van der Waals surface area contributed by atoms with Crippen LogP contribution in [0.4, 0.5) is 0 Å². The van der Waals surface area contributed by atoms with Crippen molar-refractivity contribution in [2.24, 2.45) is 0 Å². The third-order valence-electron chi connectivity index (χ3n) is 4.52. The van der Waals surface area contributed by atoms with Crippen molar-refractivity contribution >= 4 is 11.8 Å². The molecule has 6 heteroatoms. The lowest BCUT2D eigenvalue weighted by Crippen LogP contribution is -2.51. The maximum atomic E-state index is 12.2. The van der Waals surface area contributed by atoms with Gasteiger partial charge < -0.3 is 19.7 Å². The van der Waals surface area contributed by atoms with Gasteiger partial charge in [0.15, 0.2) is 5.79 Å². The molecule has 2 aliphatic rings. The highest BCUT2D eigenvalue weighted by Crippen LogP contribution is 2.31. The number of carbonyl (C=O) groups is 2. The van der Waals surface area contributed by atoms with E-state index >= 15 is 0 Å². The van der Waals surface area contributed by atoms with Gasteiger partial charge in [0.1, 0.15) is 0 Å². The predicted molar refractivity (Wildman–Crippen MR) is 83.5 cm³/mol. The number of rotatable bonds is 2. The molecule has 0 radical (unpaired) electrons. The topological polar surface area (TPSA) is 67.9 Å². The van der Waals surface area contributed by atoms with E-state index in [2.05, 4.69) is 5.32 Å². The molecule has 1 spiro atoms. The van der Waals surface area contributed by atoms with E-state index < -0.39 is 17.6 Å². The molecule has 2 fully saturated rings. The van der Waals surface area contributed by atoms with Crippen molar-refractivity contribution in [1.29, 1.82) is 0 Å². The average Bonchev–Trinajstić information content (AvgIpc) is 3.02. The third kappa shape index (κ3) is 3.54. The van der Waals surface area contributed by atoms with Gasteiger partial charge in [0, 0.05) is 32.5 Å². The third-order valence-corrected chi connectivity index (χ3v) is 4.52. The van der Waals surface area contributed by atoms with Gasteiger partial charge in [-0.1, -0.05) is 24.3 Å². The Hall–Kier alpha value is -1.92. The van der Waals surface area contributed by atoms with Crippen LogP contribution in [0.15, 0.2) is 24.3 Å². The maximum absolute atomic E-state index is 12.2. The predicted octanol–water partition coefficient (Wildman–Crippen LogP) is 0.977. The summed E-state index contributed by atoms with van der Waals surface area (Å²) in [5.74, 6) is -1.57. The van der Waals surface area contributed by atoms with Gasteiger partial charge >= 0.3 is 11.8 Å². The van der Waals surface area contributed by atoms with Crippen LogP contribution in [0.25, 0.3) is 0 Å². The van der Waals surface area contributed by atoms with Crippen LogP contribution in [0.5, 0.6) is 0 Å². The number of amides is 2. The van der Waals surface area contributed by atoms with Gasteiger partial charge in [-0.15, -0.1) is 0 Å². The second-order valence-corrected chi connectivity index (χ2v) is 6.01. The summed E-state index contributed by atoms with van der Waals surface area (Å²) < 4.78 is 11.3. The van der Waals surface area contributed by atoms with Crippen LogP contribution in [-0.4, -0.2) is 48.8 Å². The molecule has 0 unspecified atom stereocenters. The summed E-state index contributed by atoms with van der Waals surface area (Å²) in [6, 6.07) is 7.79. The van der Waals surface area contributed by atoms with E-state index in [0.29, 0.717) is 45.7 Å². The van der Waals surface area contributed by atoms with E-state index in [1.165, 1.54) is 0 Å². The molecule has 2 amide bonds.